The Balaban J connectivity index is 1.35. The van der Waals surface area contributed by atoms with Gasteiger partial charge < -0.3 is 34.6 Å². The summed E-state index contributed by atoms with van der Waals surface area (Å²) in [4.78, 5) is 13.9. The zero-order chi connectivity index (χ0) is 24.7. The number of ether oxygens (including phenoxy) is 3. The summed E-state index contributed by atoms with van der Waals surface area (Å²) in [5, 5.41) is 10.3. The van der Waals surface area contributed by atoms with E-state index < -0.39 is 0 Å². The van der Waals surface area contributed by atoms with Gasteiger partial charge in [-0.2, -0.15) is 0 Å². The van der Waals surface area contributed by atoms with Crippen LogP contribution in [0.1, 0.15) is 25.5 Å². The van der Waals surface area contributed by atoms with E-state index in [1.807, 2.05) is 41.1 Å². The summed E-state index contributed by atoms with van der Waals surface area (Å²) >= 11 is 0. The van der Waals surface area contributed by atoms with Gasteiger partial charge in [-0.3, -0.25) is 0 Å². The van der Waals surface area contributed by atoms with Gasteiger partial charge in [0.05, 0.1) is 25.1 Å². The van der Waals surface area contributed by atoms with E-state index in [1.165, 1.54) is 0 Å². The Hall–Kier alpha value is -3.89. The highest BCUT2D eigenvalue weighted by molar-refractivity contribution is 5.75. The predicted octanol–water partition coefficient (Wildman–Crippen LogP) is 3.79. The Morgan fingerprint density at radius 1 is 1.17 bits per heavy atom. The van der Waals surface area contributed by atoms with Gasteiger partial charge in [-0.15, -0.1) is 0 Å². The molecule has 1 fully saturated rings. The number of anilines is 3. The van der Waals surface area contributed by atoms with Gasteiger partial charge in [0.25, 0.3) is 0 Å². The van der Waals surface area contributed by atoms with Crippen molar-refractivity contribution in [2.75, 3.05) is 44.0 Å². The average Bonchev–Trinajstić information content (AvgIpc) is 3.37. The summed E-state index contributed by atoms with van der Waals surface area (Å²) in [6, 6.07) is 8.04. The third-order valence-electron chi connectivity index (χ3n) is 6.58. The van der Waals surface area contributed by atoms with Crippen molar-refractivity contribution in [1.82, 2.24) is 24.7 Å². The highest BCUT2D eigenvalue weighted by Crippen LogP contribution is 2.39. The topological polar surface area (TPSA) is 107 Å². The van der Waals surface area contributed by atoms with Gasteiger partial charge >= 0.3 is 0 Å². The molecule has 3 N–H and O–H groups in total. The van der Waals surface area contributed by atoms with Crippen molar-refractivity contribution in [1.29, 1.82) is 0 Å². The molecule has 1 aromatic carbocycles. The van der Waals surface area contributed by atoms with E-state index in [9.17, 15) is 0 Å². The fraction of sp³-hybridized carbons (Fsp3) is 0.346. The van der Waals surface area contributed by atoms with Crippen molar-refractivity contribution < 1.29 is 14.2 Å². The van der Waals surface area contributed by atoms with E-state index in [-0.39, 0.29) is 11.6 Å². The second-order valence-corrected chi connectivity index (χ2v) is 9.47. The molecule has 186 valence electrons. The Morgan fingerprint density at radius 3 is 2.94 bits per heavy atom. The molecule has 6 rings (SSSR count). The number of morpholine rings is 1. The summed E-state index contributed by atoms with van der Waals surface area (Å²) in [6.45, 7) is 7.13. The molecule has 0 radical (unpaired) electrons. The summed E-state index contributed by atoms with van der Waals surface area (Å²) in [5.41, 5.74) is 4.85. The van der Waals surface area contributed by atoms with Gasteiger partial charge in [0.2, 0.25) is 5.88 Å². The molecule has 0 saturated carbocycles. The molecule has 5 heterocycles. The number of benzene rings is 1. The van der Waals surface area contributed by atoms with Crippen LogP contribution in [-0.2, 0) is 4.74 Å². The maximum atomic E-state index is 6.12. The first kappa shape index (κ1) is 22.6. The molecular weight excluding hydrogens is 458 g/mol. The number of methoxy groups -OCH3 is 1. The quantitative estimate of drug-likeness (QED) is 0.388. The molecule has 3 aromatic heterocycles. The van der Waals surface area contributed by atoms with Crippen LogP contribution in [0, 0.1) is 0 Å². The number of imidazole rings is 1. The van der Waals surface area contributed by atoms with Crippen LogP contribution >= 0.6 is 0 Å². The number of hydrogen-bond donors (Lipinski definition) is 3. The van der Waals surface area contributed by atoms with Crippen LogP contribution in [0.25, 0.3) is 16.9 Å². The van der Waals surface area contributed by atoms with Crippen LogP contribution in [0.5, 0.6) is 11.6 Å². The van der Waals surface area contributed by atoms with E-state index in [4.69, 9.17) is 19.2 Å². The second kappa shape index (κ2) is 8.96. The van der Waals surface area contributed by atoms with E-state index in [1.54, 1.807) is 19.5 Å². The summed E-state index contributed by atoms with van der Waals surface area (Å²) in [5.74, 6) is 1.99. The SMILES string of the molecule is COc1cc(Nc2nc(-c3cnc4c(c3)NCCO4)cn3ccnc23)ccc1C1OCCNC1(C)C. The molecule has 36 heavy (non-hydrogen) atoms. The molecule has 0 aliphatic carbocycles. The summed E-state index contributed by atoms with van der Waals surface area (Å²) in [7, 11) is 1.68. The van der Waals surface area contributed by atoms with E-state index in [0.717, 1.165) is 52.7 Å². The largest absolute Gasteiger partial charge is 0.496 e. The normalized spacial score (nSPS) is 18.7. The van der Waals surface area contributed by atoms with Gasteiger partial charge in [0.15, 0.2) is 11.5 Å². The number of rotatable bonds is 5. The lowest BCUT2D eigenvalue weighted by Crippen LogP contribution is -2.51. The number of nitrogens with zero attached hydrogens (tertiary/aromatic N) is 4. The number of hydrogen-bond acceptors (Lipinski definition) is 9. The minimum Gasteiger partial charge on any atom is -0.496 e. The molecule has 4 aromatic rings. The molecular formula is C26H29N7O3. The van der Waals surface area contributed by atoms with Crippen LogP contribution in [0.2, 0.25) is 0 Å². The number of fused-ring (bicyclic) bond motifs is 2. The highest BCUT2D eigenvalue weighted by atomic mass is 16.5. The predicted molar refractivity (Wildman–Crippen MR) is 137 cm³/mol. The van der Waals surface area contributed by atoms with Gasteiger partial charge in [-0.05, 0) is 26.0 Å². The maximum Gasteiger partial charge on any atom is 0.237 e. The van der Waals surface area contributed by atoms with Crippen molar-refractivity contribution in [2.24, 2.45) is 0 Å². The molecule has 1 saturated heterocycles. The van der Waals surface area contributed by atoms with Gasteiger partial charge in [0.1, 0.15) is 18.5 Å². The Bertz CT molecular complexity index is 1420. The lowest BCUT2D eigenvalue weighted by Gasteiger charge is -2.40. The molecule has 10 nitrogen and oxygen atoms in total. The molecule has 10 heteroatoms. The van der Waals surface area contributed by atoms with Crippen LogP contribution in [-0.4, -0.2) is 58.3 Å². The van der Waals surface area contributed by atoms with Crippen LogP contribution in [0.15, 0.2) is 49.1 Å². The van der Waals surface area contributed by atoms with Crippen LogP contribution in [0.3, 0.4) is 0 Å². The van der Waals surface area contributed by atoms with E-state index in [0.29, 0.717) is 24.9 Å². The third-order valence-corrected chi connectivity index (χ3v) is 6.58. The Labute approximate surface area is 209 Å². The smallest absolute Gasteiger partial charge is 0.237 e. The molecule has 1 unspecified atom stereocenters. The maximum absolute atomic E-state index is 6.12. The van der Waals surface area contributed by atoms with Crippen LogP contribution < -0.4 is 25.4 Å². The fourth-order valence-corrected chi connectivity index (χ4v) is 4.79. The highest BCUT2D eigenvalue weighted by Gasteiger charge is 2.36. The zero-order valence-electron chi connectivity index (χ0n) is 20.5. The van der Waals surface area contributed by atoms with Crippen molar-refractivity contribution >= 4 is 22.8 Å². The zero-order valence-corrected chi connectivity index (χ0v) is 20.5. The van der Waals surface area contributed by atoms with Gasteiger partial charge in [0, 0.05) is 66.3 Å². The second-order valence-electron chi connectivity index (χ2n) is 9.47. The van der Waals surface area contributed by atoms with Gasteiger partial charge in [-0.25, -0.2) is 15.0 Å². The number of aromatic nitrogens is 4. The average molecular weight is 488 g/mol. The minimum atomic E-state index is -0.207. The molecule has 2 aliphatic rings. The van der Waals surface area contributed by atoms with Crippen molar-refractivity contribution in [3.63, 3.8) is 0 Å². The first-order valence-electron chi connectivity index (χ1n) is 12.0. The lowest BCUT2D eigenvalue weighted by molar-refractivity contribution is -0.0398. The van der Waals surface area contributed by atoms with Crippen molar-refractivity contribution in [3.05, 3.63) is 54.6 Å². The number of nitrogens with one attached hydrogen (secondary N) is 3. The Morgan fingerprint density at radius 2 is 2.08 bits per heavy atom. The first-order valence-corrected chi connectivity index (χ1v) is 12.0. The summed E-state index contributed by atoms with van der Waals surface area (Å²) in [6.07, 6.45) is 7.26. The molecule has 0 amide bonds. The minimum absolute atomic E-state index is 0.121. The molecule has 1 atom stereocenters. The molecule has 0 bridgehead atoms. The fourth-order valence-electron chi connectivity index (χ4n) is 4.79. The van der Waals surface area contributed by atoms with Crippen LogP contribution in [0.4, 0.5) is 17.2 Å². The molecule has 0 spiro atoms. The number of pyridine rings is 1. The van der Waals surface area contributed by atoms with Gasteiger partial charge in [-0.1, -0.05) is 6.07 Å². The van der Waals surface area contributed by atoms with E-state index >= 15 is 0 Å². The first-order chi connectivity index (χ1) is 17.5. The standard InChI is InChI=1S/C26H29N7O3/c1-26(2)22(35-11-8-30-26)18-5-4-17(13-21(18)34-3)31-23-24-28-6-9-33(24)15-20(32-23)16-12-19-25(29-14-16)36-10-7-27-19/h4-6,9,12-15,22,27,30H,7-8,10-11H2,1-3H3,(H,31,32). The monoisotopic (exact) mass is 487 g/mol. The third kappa shape index (κ3) is 4.08. The van der Waals surface area contributed by atoms with Crippen molar-refractivity contribution in [2.45, 2.75) is 25.5 Å². The summed E-state index contributed by atoms with van der Waals surface area (Å²) < 4.78 is 19.5. The van der Waals surface area contributed by atoms with E-state index in [2.05, 4.69) is 39.8 Å². The Kier molecular flexibility index (Phi) is 5.62. The lowest BCUT2D eigenvalue weighted by atomic mass is 9.89. The molecule has 2 aliphatic heterocycles. The van der Waals surface area contributed by atoms with Crippen molar-refractivity contribution in [3.8, 4) is 22.9 Å².